The van der Waals surface area contributed by atoms with E-state index in [1.165, 1.54) is 36.8 Å². The second-order valence-electron chi connectivity index (χ2n) is 5.25. The lowest BCUT2D eigenvalue weighted by molar-refractivity contribution is 0.358. The van der Waals surface area contributed by atoms with E-state index in [1.54, 1.807) is 0 Å². The molecular formula is C17H17N. The molecule has 1 heterocycles. The molecule has 0 N–H and O–H groups in total. The maximum absolute atomic E-state index is 8.10. The third-order valence-electron chi connectivity index (χ3n) is 4.33. The standard InChI is InChI=1S/C17H17N/c1-2-4-14(5-3-1)17-10-15-12-6-8-13(9-7-12)16(15)11-18-17/h1-5,10-13H,6-9H2/i1D,2D,3D,4D,5D. The molecule has 1 fully saturated rings. The first-order valence-corrected chi connectivity index (χ1v) is 6.56. The van der Waals surface area contributed by atoms with Gasteiger partial charge in [-0.3, -0.25) is 4.98 Å². The van der Waals surface area contributed by atoms with Gasteiger partial charge in [0.05, 0.1) is 12.5 Å². The topological polar surface area (TPSA) is 12.9 Å². The van der Waals surface area contributed by atoms with Crippen molar-refractivity contribution in [3.05, 3.63) is 53.6 Å². The summed E-state index contributed by atoms with van der Waals surface area (Å²) in [6, 6.07) is 0.637. The number of rotatable bonds is 1. The van der Waals surface area contributed by atoms with Crippen LogP contribution >= 0.6 is 0 Å². The summed E-state index contributed by atoms with van der Waals surface area (Å²) in [5, 5.41) is 0. The minimum atomic E-state index is -0.360. The number of hydrogen-bond acceptors (Lipinski definition) is 1. The van der Waals surface area contributed by atoms with Crippen LogP contribution in [0.1, 0.15) is 55.5 Å². The van der Waals surface area contributed by atoms with Gasteiger partial charge >= 0.3 is 0 Å². The number of pyridine rings is 1. The molecule has 1 aromatic carbocycles. The number of aromatic nitrogens is 1. The van der Waals surface area contributed by atoms with E-state index in [4.69, 9.17) is 6.85 Å². The van der Waals surface area contributed by atoms with Gasteiger partial charge in [-0.2, -0.15) is 0 Å². The molecule has 18 heavy (non-hydrogen) atoms. The number of hydrogen-bond donors (Lipinski definition) is 0. The molecule has 0 radical (unpaired) electrons. The van der Waals surface area contributed by atoms with Gasteiger partial charge in [0.15, 0.2) is 0 Å². The summed E-state index contributed by atoms with van der Waals surface area (Å²) < 4.78 is 39.6. The fourth-order valence-electron chi connectivity index (χ4n) is 3.41. The second-order valence-corrected chi connectivity index (χ2v) is 5.25. The van der Waals surface area contributed by atoms with Crippen molar-refractivity contribution in [2.45, 2.75) is 37.5 Å². The maximum Gasteiger partial charge on any atom is 0.0705 e. The van der Waals surface area contributed by atoms with E-state index in [9.17, 15) is 0 Å². The predicted molar refractivity (Wildman–Crippen MR) is 73.6 cm³/mol. The Morgan fingerprint density at radius 1 is 0.944 bits per heavy atom. The van der Waals surface area contributed by atoms with Gasteiger partial charge in [-0.25, -0.2) is 0 Å². The van der Waals surface area contributed by atoms with Crippen LogP contribution in [0.5, 0.6) is 0 Å². The quantitative estimate of drug-likeness (QED) is 0.715. The Kier molecular flexibility index (Phi) is 1.43. The lowest BCUT2D eigenvalue weighted by Crippen LogP contribution is -2.21. The van der Waals surface area contributed by atoms with Crippen LogP contribution < -0.4 is 0 Å². The van der Waals surface area contributed by atoms with Gasteiger partial charge in [-0.1, -0.05) is 30.2 Å². The van der Waals surface area contributed by atoms with Crippen molar-refractivity contribution in [1.82, 2.24) is 4.98 Å². The molecule has 1 saturated carbocycles. The summed E-state index contributed by atoms with van der Waals surface area (Å²) in [4.78, 5) is 4.45. The van der Waals surface area contributed by atoms with Crippen LogP contribution in [0.4, 0.5) is 0 Å². The lowest BCUT2D eigenvalue weighted by Gasteiger charge is -2.38. The molecule has 0 aliphatic heterocycles. The Morgan fingerprint density at radius 3 is 2.33 bits per heavy atom. The summed E-state index contributed by atoms with van der Waals surface area (Å²) in [6.07, 6.45) is 6.66. The summed E-state index contributed by atoms with van der Waals surface area (Å²) in [7, 11) is 0. The Balaban J connectivity index is 1.92. The average Bonchev–Trinajstić information content (AvgIpc) is 2.59. The van der Waals surface area contributed by atoms with Crippen molar-refractivity contribution in [2.24, 2.45) is 0 Å². The molecule has 1 heteroatoms. The zero-order valence-electron chi connectivity index (χ0n) is 15.1. The molecule has 0 amide bonds. The Morgan fingerprint density at radius 2 is 1.61 bits per heavy atom. The van der Waals surface area contributed by atoms with Crippen LogP contribution in [0.25, 0.3) is 11.3 Å². The third-order valence-corrected chi connectivity index (χ3v) is 4.33. The molecule has 0 spiro atoms. The first-order chi connectivity index (χ1) is 11.0. The summed E-state index contributed by atoms with van der Waals surface area (Å²) >= 11 is 0. The van der Waals surface area contributed by atoms with E-state index in [0.717, 1.165) is 0 Å². The predicted octanol–water partition coefficient (Wildman–Crippen LogP) is 4.50. The minimum Gasteiger partial charge on any atom is -0.256 e. The fraction of sp³-hybridized carbons (Fsp3) is 0.353. The maximum atomic E-state index is 8.10. The Labute approximate surface area is 115 Å². The van der Waals surface area contributed by atoms with Crippen molar-refractivity contribution >= 4 is 0 Å². The van der Waals surface area contributed by atoms with Crippen molar-refractivity contribution in [3.8, 4) is 11.3 Å². The molecule has 2 bridgehead atoms. The van der Waals surface area contributed by atoms with Crippen LogP contribution in [-0.2, 0) is 0 Å². The zero-order chi connectivity index (χ0) is 16.3. The molecule has 90 valence electrons. The van der Waals surface area contributed by atoms with Crippen LogP contribution in [0.3, 0.4) is 0 Å². The van der Waals surface area contributed by atoms with E-state index < -0.39 is 0 Å². The normalized spacial score (nSPS) is 28.8. The van der Waals surface area contributed by atoms with E-state index in [-0.39, 0.29) is 35.8 Å². The van der Waals surface area contributed by atoms with Crippen molar-refractivity contribution in [1.29, 1.82) is 0 Å². The van der Waals surface area contributed by atoms with E-state index in [2.05, 4.69) is 4.98 Å². The number of benzene rings is 1. The highest BCUT2D eigenvalue weighted by atomic mass is 14.7. The smallest absolute Gasteiger partial charge is 0.0705 e. The Hall–Kier alpha value is -1.63. The molecule has 0 saturated heterocycles. The van der Waals surface area contributed by atoms with Crippen molar-refractivity contribution in [3.63, 3.8) is 0 Å². The van der Waals surface area contributed by atoms with Gasteiger partial charge in [-0.15, -0.1) is 0 Å². The molecular weight excluding hydrogens is 218 g/mol. The second kappa shape index (κ2) is 3.94. The summed E-state index contributed by atoms with van der Waals surface area (Å²) in [6.45, 7) is 0. The van der Waals surface area contributed by atoms with Gasteiger partial charge < -0.3 is 0 Å². The van der Waals surface area contributed by atoms with Crippen LogP contribution in [0.2, 0.25) is 0 Å². The van der Waals surface area contributed by atoms with E-state index in [0.29, 0.717) is 17.5 Å². The van der Waals surface area contributed by atoms with Gasteiger partial charge in [0.25, 0.3) is 0 Å². The summed E-state index contributed by atoms with van der Waals surface area (Å²) in [5.74, 6) is 1.11. The summed E-state index contributed by atoms with van der Waals surface area (Å²) in [5.41, 5.74) is 3.27. The monoisotopic (exact) mass is 240 g/mol. The minimum absolute atomic E-state index is 0.176. The van der Waals surface area contributed by atoms with Gasteiger partial charge in [-0.05, 0) is 54.7 Å². The first-order valence-electron chi connectivity index (χ1n) is 9.06. The first kappa shape index (κ1) is 6.51. The van der Waals surface area contributed by atoms with Crippen LogP contribution in [0.15, 0.2) is 42.5 Å². The molecule has 3 aliphatic rings. The zero-order valence-corrected chi connectivity index (χ0v) is 10.1. The van der Waals surface area contributed by atoms with Gasteiger partial charge in [0.1, 0.15) is 0 Å². The molecule has 1 aromatic heterocycles. The fourth-order valence-corrected chi connectivity index (χ4v) is 3.41. The highest BCUT2D eigenvalue weighted by molar-refractivity contribution is 5.61. The molecule has 2 aromatic rings. The van der Waals surface area contributed by atoms with Crippen LogP contribution in [0, 0.1) is 0 Å². The molecule has 0 unspecified atom stereocenters. The molecule has 0 atom stereocenters. The number of fused-ring (bicyclic) bond motifs is 2. The van der Waals surface area contributed by atoms with Crippen molar-refractivity contribution < 1.29 is 6.85 Å². The van der Waals surface area contributed by atoms with Gasteiger partial charge in [0.2, 0.25) is 0 Å². The third kappa shape index (κ3) is 1.50. The lowest BCUT2D eigenvalue weighted by atomic mass is 9.67. The van der Waals surface area contributed by atoms with Crippen LogP contribution in [-0.4, -0.2) is 4.98 Å². The largest absolute Gasteiger partial charge is 0.256 e. The van der Waals surface area contributed by atoms with E-state index in [1.807, 2.05) is 12.3 Å². The molecule has 1 nitrogen and oxygen atoms in total. The molecule has 5 rings (SSSR count). The molecule has 3 aliphatic carbocycles. The highest BCUT2D eigenvalue weighted by Crippen LogP contribution is 2.49. The highest BCUT2D eigenvalue weighted by Gasteiger charge is 2.33. The van der Waals surface area contributed by atoms with Crippen molar-refractivity contribution in [2.75, 3.05) is 0 Å². The number of nitrogens with zero attached hydrogens (tertiary/aromatic N) is 1. The SMILES string of the molecule is [2H]c1c([2H])c([2H])c(-c2cc3c(cn2)C2CCC3CC2)c([2H])c1[2H]. The Bertz CT molecular complexity index is 780. The average molecular weight is 240 g/mol. The van der Waals surface area contributed by atoms with E-state index >= 15 is 0 Å². The van der Waals surface area contributed by atoms with Gasteiger partial charge in [0, 0.05) is 11.8 Å².